The third-order valence-electron chi connectivity index (χ3n) is 2.91. The lowest BCUT2D eigenvalue weighted by molar-refractivity contribution is 0.568. The van der Waals surface area contributed by atoms with Crippen LogP contribution in [0.25, 0.3) is 11.5 Å². The molecule has 0 bridgehead atoms. The van der Waals surface area contributed by atoms with Crippen LogP contribution in [0.1, 0.15) is 11.4 Å². The highest BCUT2D eigenvalue weighted by atomic mass is 35.5. The van der Waals surface area contributed by atoms with Gasteiger partial charge < -0.3 is 9.73 Å². The first-order valence-corrected chi connectivity index (χ1v) is 6.86. The molecule has 0 unspecified atom stereocenters. The maximum atomic E-state index is 5.86. The molecule has 3 aromatic rings. The fourth-order valence-corrected chi connectivity index (χ4v) is 2.07. The minimum atomic E-state index is 0.522. The number of aromatic nitrogens is 4. The summed E-state index contributed by atoms with van der Waals surface area (Å²) in [6.45, 7) is 1.21. The number of hydrogen-bond acceptors (Lipinski definition) is 5. The van der Waals surface area contributed by atoms with E-state index in [1.54, 1.807) is 10.9 Å². The van der Waals surface area contributed by atoms with Crippen molar-refractivity contribution >= 4 is 11.6 Å². The number of nitrogens with one attached hydrogen (secondary N) is 1. The van der Waals surface area contributed by atoms with Crippen LogP contribution in [0.2, 0.25) is 5.02 Å². The zero-order chi connectivity index (χ0) is 14.7. The van der Waals surface area contributed by atoms with Crippen LogP contribution in [-0.2, 0) is 13.1 Å². The fraction of sp³-hybridized carbons (Fsp3) is 0.214. The van der Waals surface area contributed by atoms with E-state index in [4.69, 9.17) is 16.0 Å². The van der Waals surface area contributed by atoms with Crippen molar-refractivity contribution in [3.63, 3.8) is 0 Å². The Morgan fingerprint density at radius 2 is 2.05 bits per heavy atom. The van der Waals surface area contributed by atoms with Crippen LogP contribution in [0.3, 0.4) is 0 Å². The zero-order valence-corrected chi connectivity index (χ0v) is 12.2. The normalized spacial score (nSPS) is 11.0. The van der Waals surface area contributed by atoms with Crippen molar-refractivity contribution in [2.75, 3.05) is 7.05 Å². The molecule has 6 nitrogen and oxygen atoms in total. The van der Waals surface area contributed by atoms with Crippen LogP contribution in [0, 0.1) is 0 Å². The Bertz CT molecular complexity index is 719. The van der Waals surface area contributed by atoms with Gasteiger partial charge in [-0.15, -0.1) is 5.10 Å². The predicted octanol–water partition coefficient (Wildman–Crippen LogP) is 2.35. The molecule has 21 heavy (non-hydrogen) atoms. The largest absolute Gasteiger partial charge is 0.444 e. The number of halogens is 1. The number of rotatable bonds is 5. The van der Waals surface area contributed by atoms with Crippen molar-refractivity contribution in [2.45, 2.75) is 13.1 Å². The van der Waals surface area contributed by atoms with Gasteiger partial charge in [-0.3, -0.25) is 0 Å². The van der Waals surface area contributed by atoms with Crippen LogP contribution in [0.4, 0.5) is 0 Å². The monoisotopic (exact) mass is 303 g/mol. The van der Waals surface area contributed by atoms with Crippen LogP contribution in [0.5, 0.6) is 0 Å². The maximum Gasteiger partial charge on any atom is 0.226 e. The lowest BCUT2D eigenvalue weighted by Gasteiger charge is -1.95. The molecule has 108 valence electrons. The molecule has 2 aromatic heterocycles. The third-order valence-corrected chi connectivity index (χ3v) is 3.16. The van der Waals surface area contributed by atoms with Gasteiger partial charge >= 0.3 is 0 Å². The van der Waals surface area contributed by atoms with Crippen molar-refractivity contribution in [3.05, 3.63) is 53.1 Å². The van der Waals surface area contributed by atoms with E-state index >= 15 is 0 Å². The number of oxazole rings is 1. The summed E-state index contributed by atoms with van der Waals surface area (Å²) in [5, 5.41) is 11.8. The van der Waals surface area contributed by atoms with Gasteiger partial charge in [-0.2, -0.15) is 0 Å². The Morgan fingerprint density at radius 1 is 1.24 bits per heavy atom. The Hall–Kier alpha value is -2.18. The summed E-state index contributed by atoms with van der Waals surface area (Å²) in [6.07, 6.45) is 3.51. The average molecular weight is 304 g/mol. The maximum absolute atomic E-state index is 5.86. The first-order chi connectivity index (χ1) is 10.2. The molecular weight excluding hydrogens is 290 g/mol. The van der Waals surface area contributed by atoms with E-state index in [9.17, 15) is 0 Å². The van der Waals surface area contributed by atoms with Gasteiger partial charge in [-0.25, -0.2) is 9.67 Å². The van der Waals surface area contributed by atoms with Gasteiger partial charge in [0.05, 0.1) is 18.4 Å². The van der Waals surface area contributed by atoms with Gasteiger partial charge in [0.1, 0.15) is 12.0 Å². The van der Waals surface area contributed by atoms with Crippen molar-refractivity contribution in [1.82, 2.24) is 25.3 Å². The number of nitrogens with zero attached hydrogens (tertiary/aromatic N) is 4. The Morgan fingerprint density at radius 3 is 2.81 bits per heavy atom. The molecule has 0 saturated carbocycles. The standard InChI is InChI=1S/C14H14ClN5O/c1-16-6-12-7-20(19-18-12)8-13-9-21-14(17-13)10-2-4-11(15)5-3-10/h2-5,7,9,16H,6,8H2,1H3. The summed E-state index contributed by atoms with van der Waals surface area (Å²) in [6, 6.07) is 7.36. The second kappa shape index (κ2) is 6.07. The van der Waals surface area contributed by atoms with E-state index in [1.165, 1.54) is 0 Å². The second-order valence-electron chi connectivity index (χ2n) is 4.59. The minimum Gasteiger partial charge on any atom is -0.444 e. The highest BCUT2D eigenvalue weighted by Crippen LogP contribution is 2.21. The molecule has 0 atom stereocenters. The van der Waals surface area contributed by atoms with Crippen molar-refractivity contribution in [3.8, 4) is 11.5 Å². The van der Waals surface area contributed by atoms with Crippen LogP contribution < -0.4 is 5.32 Å². The highest BCUT2D eigenvalue weighted by Gasteiger charge is 2.08. The molecule has 0 aliphatic rings. The zero-order valence-electron chi connectivity index (χ0n) is 11.5. The topological polar surface area (TPSA) is 68.8 Å². The van der Waals surface area contributed by atoms with E-state index in [-0.39, 0.29) is 0 Å². The lowest BCUT2D eigenvalue weighted by atomic mass is 10.2. The smallest absolute Gasteiger partial charge is 0.226 e. The molecule has 0 amide bonds. The van der Waals surface area contributed by atoms with Crippen molar-refractivity contribution < 1.29 is 4.42 Å². The van der Waals surface area contributed by atoms with E-state index in [2.05, 4.69) is 20.6 Å². The molecule has 3 rings (SSSR count). The average Bonchev–Trinajstić information content (AvgIpc) is 3.11. The van der Waals surface area contributed by atoms with Gasteiger partial charge in [0.2, 0.25) is 5.89 Å². The van der Waals surface area contributed by atoms with Gasteiger partial charge in [0.25, 0.3) is 0 Å². The Labute approximate surface area is 126 Å². The van der Waals surface area contributed by atoms with Crippen molar-refractivity contribution in [2.24, 2.45) is 0 Å². The van der Waals surface area contributed by atoms with Crippen LogP contribution in [0.15, 0.2) is 41.1 Å². The molecule has 0 spiro atoms. The van der Waals surface area contributed by atoms with Gasteiger partial charge in [0.15, 0.2) is 0 Å². The van der Waals surface area contributed by atoms with Gasteiger partial charge in [-0.05, 0) is 31.3 Å². The Balaban J connectivity index is 1.73. The van der Waals surface area contributed by atoms with Crippen molar-refractivity contribution in [1.29, 1.82) is 0 Å². The molecule has 1 aromatic carbocycles. The SMILES string of the molecule is CNCc1cn(Cc2coc(-c3ccc(Cl)cc3)n2)nn1. The minimum absolute atomic E-state index is 0.522. The van der Waals surface area contributed by atoms with E-state index in [0.717, 1.165) is 17.0 Å². The lowest BCUT2D eigenvalue weighted by Crippen LogP contribution is -2.05. The molecule has 7 heteroatoms. The number of benzene rings is 1. The molecule has 1 N–H and O–H groups in total. The first-order valence-electron chi connectivity index (χ1n) is 6.48. The predicted molar refractivity (Wildman–Crippen MR) is 78.8 cm³/mol. The van der Waals surface area contributed by atoms with Crippen LogP contribution in [-0.4, -0.2) is 27.0 Å². The van der Waals surface area contributed by atoms with E-state index < -0.39 is 0 Å². The second-order valence-corrected chi connectivity index (χ2v) is 5.03. The third kappa shape index (κ3) is 3.29. The number of hydrogen-bond donors (Lipinski definition) is 1. The first kappa shape index (κ1) is 13.8. The summed E-state index contributed by atoms with van der Waals surface area (Å²) < 4.78 is 7.22. The molecule has 0 aliphatic heterocycles. The van der Waals surface area contributed by atoms with Gasteiger partial charge in [0, 0.05) is 17.1 Å². The Kier molecular flexibility index (Phi) is 3.98. The summed E-state index contributed by atoms with van der Waals surface area (Å²) in [7, 11) is 1.87. The molecule has 0 radical (unpaired) electrons. The van der Waals surface area contributed by atoms with E-state index in [0.29, 0.717) is 24.0 Å². The molecule has 0 fully saturated rings. The summed E-state index contributed by atoms with van der Waals surface area (Å²) in [5.41, 5.74) is 2.57. The van der Waals surface area contributed by atoms with Crippen LogP contribution >= 0.6 is 11.6 Å². The highest BCUT2D eigenvalue weighted by molar-refractivity contribution is 6.30. The summed E-state index contributed by atoms with van der Waals surface area (Å²) >= 11 is 5.86. The molecule has 2 heterocycles. The molecular formula is C14H14ClN5O. The summed E-state index contributed by atoms with van der Waals surface area (Å²) in [4.78, 5) is 4.45. The van der Waals surface area contributed by atoms with Gasteiger partial charge in [-0.1, -0.05) is 16.8 Å². The molecule has 0 saturated heterocycles. The summed E-state index contributed by atoms with van der Waals surface area (Å²) in [5.74, 6) is 0.567. The quantitative estimate of drug-likeness (QED) is 0.783. The van der Waals surface area contributed by atoms with E-state index in [1.807, 2.05) is 37.5 Å². The fourth-order valence-electron chi connectivity index (χ4n) is 1.95. The molecule has 0 aliphatic carbocycles.